The van der Waals surface area contributed by atoms with Crippen LogP contribution in [0.25, 0.3) is 0 Å². The Morgan fingerprint density at radius 3 is 2.48 bits per heavy atom. The van der Waals surface area contributed by atoms with E-state index in [9.17, 15) is 14.4 Å². The Morgan fingerprint density at radius 2 is 1.91 bits per heavy atom. The number of halogens is 1. The Labute approximate surface area is 190 Å². The van der Waals surface area contributed by atoms with Crippen molar-refractivity contribution in [3.05, 3.63) is 59.4 Å². The van der Waals surface area contributed by atoms with Crippen molar-refractivity contribution in [1.82, 2.24) is 4.48 Å². The highest BCUT2D eigenvalue weighted by Crippen LogP contribution is 2.49. The molecule has 33 heavy (non-hydrogen) atoms. The third kappa shape index (κ3) is 3.26. The topological polar surface area (TPSA) is 116 Å². The van der Waals surface area contributed by atoms with Crippen LogP contribution in [0.1, 0.15) is 24.0 Å². The fourth-order valence-electron chi connectivity index (χ4n) is 5.12. The van der Waals surface area contributed by atoms with E-state index in [0.29, 0.717) is 30.0 Å². The Kier molecular flexibility index (Phi) is 5.66. The molecule has 8 nitrogen and oxygen atoms in total. The van der Waals surface area contributed by atoms with Crippen molar-refractivity contribution in [3.8, 4) is 12.3 Å². The minimum Gasteiger partial charge on any atom is -0.370 e. The van der Waals surface area contributed by atoms with E-state index in [2.05, 4.69) is 5.92 Å². The summed E-state index contributed by atoms with van der Waals surface area (Å²) in [6.45, 7) is 0.678. The number of nitrogens with two attached hydrogens (primary N) is 2. The molecule has 1 unspecified atom stereocenters. The van der Waals surface area contributed by atoms with Gasteiger partial charge in [-0.1, -0.05) is 5.92 Å². The zero-order valence-corrected chi connectivity index (χ0v) is 17.9. The molecule has 9 heteroatoms. The summed E-state index contributed by atoms with van der Waals surface area (Å²) < 4.78 is 20.1. The standard InChI is InChI=1S/C24H23FN4O4/c1-2-16-4-7-18(8-5-16)29(23(27)32)12-3-10-24(29,22(26)31)19-9-6-17(14-20(19)25)28-11-13-33-15-21(28)30/h1,4-9,14H,3,10-13,15H2,(H3-,26,27,31,32)/p+1/t24-,29?/m1/s1. The summed E-state index contributed by atoms with van der Waals surface area (Å²) in [5.41, 5.74) is 11.3. The van der Waals surface area contributed by atoms with E-state index in [1.165, 1.54) is 17.0 Å². The highest BCUT2D eigenvalue weighted by atomic mass is 19.1. The molecule has 4 N–H and O–H groups in total. The van der Waals surface area contributed by atoms with Crippen molar-refractivity contribution >= 4 is 29.2 Å². The monoisotopic (exact) mass is 451 g/mol. The van der Waals surface area contributed by atoms with Crippen molar-refractivity contribution < 1.29 is 23.5 Å². The molecule has 2 aromatic rings. The molecule has 2 saturated heterocycles. The third-order valence-electron chi connectivity index (χ3n) is 6.64. The first-order valence-corrected chi connectivity index (χ1v) is 10.5. The molecule has 4 amide bonds. The lowest BCUT2D eigenvalue weighted by atomic mass is 9.83. The molecule has 0 saturated carbocycles. The summed E-state index contributed by atoms with van der Waals surface area (Å²) in [6, 6.07) is 9.79. The van der Waals surface area contributed by atoms with Crippen LogP contribution in [0.15, 0.2) is 42.5 Å². The predicted octanol–water partition coefficient (Wildman–Crippen LogP) is 1.73. The largest absolute Gasteiger partial charge is 0.420 e. The van der Waals surface area contributed by atoms with Gasteiger partial charge in [-0.25, -0.2) is 9.18 Å². The van der Waals surface area contributed by atoms with Gasteiger partial charge in [0.2, 0.25) is 5.54 Å². The molecule has 2 aromatic carbocycles. The normalized spacial score (nSPS) is 25.0. The number of morpholine rings is 1. The number of urea groups is 1. The second kappa shape index (κ2) is 8.31. The number of benzene rings is 2. The van der Waals surface area contributed by atoms with Gasteiger partial charge in [0.1, 0.15) is 18.1 Å². The lowest BCUT2D eigenvalue weighted by Crippen LogP contribution is -2.70. The molecule has 2 aliphatic heterocycles. The van der Waals surface area contributed by atoms with E-state index in [-0.39, 0.29) is 37.6 Å². The number of anilines is 1. The number of nitrogens with zero attached hydrogens (tertiary/aromatic N) is 2. The number of quaternary nitrogens is 1. The van der Waals surface area contributed by atoms with Gasteiger partial charge < -0.3 is 21.1 Å². The van der Waals surface area contributed by atoms with Crippen LogP contribution >= 0.6 is 0 Å². The first-order chi connectivity index (χ1) is 15.8. The second-order valence-corrected chi connectivity index (χ2v) is 8.15. The van der Waals surface area contributed by atoms with E-state index in [4.69, 9.17) is 22.6 Å². The summed E-state index contributed by atoms with van der Waals surface area (Å²) in [7, 11) is 0. The summed E-state index contributed by atoms with van der Waals surface area (Å²) in [6.07, 6.45) is 5.97. The summed E-state index contributed by atoms with van der Waals surface area (Å²) in [4.78, 5) is 39.6. The van der Waals surface area contributed by atoms with Gasteiger partial charge in [-0.15, -0.1) is 6.42 Å². The lowest BCUT2D eigenvalue weighted by molar-refractivity contribution is -0.127. The fourth-order valence-corrected chi connectivity index (χ4v) is 5.12. The molecule has 0 aliphatic carbocycles. The molecule has 4 rings (SSSR count). The van der Waals surface area contributed by atoms with Gasteiger partial charge in [0.15, 0.2) is 0 Å². The van der Waals surface area contributed by atoms with Gasteiger partial charge in [-0.2, -0.15) is 4.48 Å². The zero-order valence-electron chi connectivity index (χ0n) is 17.9. The number of hydrogen-bond donors (Lipinski definition) is 2. The molecule has 2 heterocycles. The number of carbonyl (C=O) groups excluding carboxylic acids is 3. The van der Waals surface area contributed by atoms with Crippen LogP contribution in [0.5, 0.6) is 0 Å². The molecule has 170 valence electrons. The second-order valence-electron chi connectivity index (χ2n) is 8.15. The number of carbonyl (C=O) groups is 3. The third-order valence-corrected chi connectivity index (χ3v) is 6.64. The van der Waals surface area contributed by atoms with E-state index < -0.39 is 27.8 Å². The maximum absolute atomic E-state index is 15.7. The van der Waals surface area contributed by atoms with Crippen molar-refractivity contribution in [2.75, 3.05) is 31.2 Å². The molecule has 2 atom stereocenters. The highest BCUT2D eigenvalue weighted by Gasteiger charge is 2.66. The van der Waals surface area contributed by atoms with Crippen LogP contribution in [0.4, 0.5) is 20.6 Å². The van der Waals surface area contributed by atoms with Gasteiger partial charge in [-0.05, 0) is 30.3 Å². The summed E-state index contributed by atoms with van der Waals surface area (Å²) >= 11 is 0. The Bertz CT molecular complexity index is 1180. The number of ether oxygens (including phenoxy) is 1. The first kappa shape index (κ1) is 22.5. The Balaban J connectivity index is 1.89. The highest BCUT2D eigenvalue weighted by molar-refractivity contribution is 6.00. The maximum Gasteiger partial charge on any atom is 0.420 e. The summed E-state index contributed by atoms with van der Waals surface area (Å²) in [5, 5.41) is 0. The Hall–Kier alpha value is -3.74. The van der Waals surface area contributed by atoms with Crippen LogP contribution in [-0.4, -0.2) is 44.1 Å². The lowest BCUT2D eigenvalue weighted by Gasteiger charge is -2.43. The number of hydrogen-bond acceptors (Lipinski definition) is 4. The van der Waals surface area contributed by atoms with Crippen LogP contribution in [0.3, 0.4) is 0 Å². The van der Waals surface area contributed by atoms with E-state index in [0.717, 1.165) is 0 Å². The van der Waals surface area contributed by atoms with Crippen LogP contribution in [0, 0.1) is 18.2 Å². The van der Waals surface area contributed by atoms with Gasteiger partial charge >= 0.3 is 6.03 Å². The minimum absolute atomic E-state index is 0.0446. The summed E-state index contributed by atoms with van der Waals surface area (Å²) in [5.74, 6) is 0.579. The average Bonchev–Trinajstić information content (AvgIpc) is 3.22. The van der Waals surface area contributed by atoms with Gasteiger partial charge in [-0.3, -0.25) is 9.59 Å². The SMILES string of the molecule is C#Cc1ccc([N+]2(C(N)=O)CCC[C@]2(C(N)=O)c2ccc(N3CCOCC3=O)cc2F)cc1. The van der Waals surface area contributed by atoms with Crippen molar-refractivity contribution in [1.29, 1.82) is 0 Å². The van der Waals surface area contributed by atoms with Crippen LogP contribution in [0.2, 0.25) is 0 Å². The van der Waals surface area contributed by atoms with Gasteiger partial charge in [0, 0.05) is 42.8 Å². The van der Waals surface area contributed by atoms with E-state index in [1.807, 2.05) is 0 Å². The Morgan fingerprint density at radius 1 is 1.18 bits per heavy atom. The van der Waals surface area contributed by atoms with Crippen LogP contribution in [-0.2, 0) is 19.9 Å². The average molecular weight is 451 g/mol. The molecule has 0 bridgehead atoms. The van der Waals surface area contributed by atoms with Crippen molar-refractivity contribution in [2.45, 2.75) is 18.4 Å². The number of terminal acetylenes is 1. The van der Waals surface area contributed by atoms with Crippen molar-refractivity contribution in [3.63, 3.8) is 0 Å². The number of amides is 4. The van der Waals surface area contributed by atoms with Crippen molar-refractivity contribution in [2.24, 2.45) is 11.5 Å². The minimum atomic E-state index is -1.76. The zero-order chi connectivity index (χ0) is 23.8. The van der Waals surface area contributed by atoms with E-state index in [1.54, 1.807) is 30.3 Å². The molecule has 0 radical (unpaired) electrons. The smallest absolute Gasteiger partial charge is 0.370 e. The fraction of sp³-hybridized carbons (Fsp3) is 0.292. The number of rotatable bonds is 4. The maximum atomic E-state index is 15.7. The molecule has 0 spiro atoms. The van der Waals surface area contributed by atoms with Gasteiger partial charge in [0.25, 0.3) is 11.8 Å². The molecule has 2 aliphatic rings. The van der Waals surface area contributed by atoms with Crippen LogP contribution < -0.4 is 20.9 Å². The van der Waals surface area contributed by atoms with Gasteiger partial charge in [0.05, 0.1) is 18.7 Å². The molecule has 2 fully saturated rings. The predicted molar refractivity (Wildman–Crippen MR) is 120 cm³/mol. The molecular weight excluding hydrogens is 427 g/mol. The first-order valence-electron chi connectivity index (χ1n) is 10.5. The molecular formula is C24H24FN4O4+. The van der Waals surface area contributed by atoms with E-state index >= 15 is 4.39 Å². The number of primary amides is 2. The molecule has 0 aromatic heterocycles. The number of likely N-dealkylation sites (tertiary alicyclic amines) is 1. The quantitative estimate of drug-likeness (QED) is 0.544.